The minimum Gasteiger partial charge on any atom is -0.478 e. The number of carboxylic acid groups (broad SMARTS) is 1. The maximum Gasteiger partial charge on any atom is 0.347 e. The Morgan fingerprint density at radius 2 is 2.00 bits per heavy atom. The highest BCUT2D eigenvalue weighted by Crippen LogP contribution is 2.33. The largest absolute Gasteiger partial charge is 0.478 e. The minimum absolute atomic E-state index is 0.156. The summed E-state index contributed by atoms with van der Waals surface area (Å²) >= 11 is 0. The van der Waals surface area contributed by atoms with Gasteiger partial charge in [-0.1, -0.05) is 25.8 Å². The van der Waals surface area contributed by atoms with Crippen molar-refractivity contribution >= 4 is 33.8 Å². The number of fused-ring (bicyclic) bond motifs is 2. The second-order valence-corrected chi connectivity index (χ2v) is 11.2. The molecule has 2 aromatic heterocycles. The van der Waals surface area contributed by atoms with Gasteiger partial charge >= 0.3 is 5.97 Å². The first-order valence-corrected chi connectivity index (χ1v) is 14.5. The van der Waals surface area contributed by atoms with Crippen LogP contribution in [0, 0.1) is 0 Å². The number of H-pyrrole nitrogens is 1. The molecule has 3 N–H and O–H groups in total. The van der Waals surface area contributed by atoms with Gasteiger partial charge in [-0.25, -0.2) is 9.78 Å². The molecular formula is C33H38N4O5. The van der Waals surface area contributed by atoms with Crippen molar-refractivity contribution in [1.29, 1.82) is 0 Å². The zero-order valence-electron chi connectivity index (χ0n) is 24.2. The SMILES string of the molecule is C=CO/C=C\Cc1nc2cc(C(=O)NCCc3c[nH]c4ccc(OC(C)(C)C(=O)O)cc34)ccc2n1C1CCCCC1. The molecule has 0 atom stereocenters. The molecule has 0 spiro atoms. The predicted octanol–water partition coefficient (Wildman–Crippen LogP) is 6.45. The topological polar surface area (TPSA) is 118 Å². The monoisotopic (exact) mass is 570 g/mol. The summed E-state index contributed by atoms with van der Waals surface area (Å²) in [5.41, 5.74) is 3.01. The number of carbonyl (C=O) groups is 2. The number of aliphatic carboxylic acids is 1. The number of aromatic amines is 1. The lowest BCUT2D eigenvalue weighted by Crippen LogP contribution is -2.37. The van der Waals surface area contributed by atoms with Gasteiger partial charge in [0.2, 0.25) is 0 Å². The summed E-state index contributed by atoms with van der Waals surface area (Å²) < 4.78 is 13.2. The van der Waals surface area contributed by atoms with E-state index in [9.17, 15) is 14.7 Å². The second-order valence-electron chi connectivity index (χ2n) is 11.2. The van der Waals surface area contributed by atoms with Gasteiger partial charge in [0, 0.05) is 41.7 Å². The van der Waals surface area contributed by atoms with E-state index in [1.54, 1.807) is 12.3 Å². The van der Waals surface area contributed by atoms with Gasteiger partial charge in [0.25, 0.3) is 5.91 Å². The Kier molecular flexibility index (Phi) is 8.66. The van der Waals surface area contributed by atoms with Crippen LogP contribution in [0.5, 0.6) is 5.75 Å². The average Bonchev–Trinajstić information content (AvgIpc) is 3.55. The van der Waals surface area contributed by atoms with Crippen molar-refractivity contribution in [2.24, 2.45) is 0 Å². The highest BCUT2D eigenvalue weighted by Gasteiger charge is 2.29. The molecule has 1 aliphatic rings. The standard InChI is InChI=1S/C33H38N4O5/c1-4-41-18-8-11-30-36-28-19-22(12-15-29(28)37(30)24-9-6-5-7-10-24)31(38)34-17-16-23-21-35-27-14-13-25(20-26(23)27)42-33(2,3)32(39)40/h4,8,12-15,18-21,24,35H,1,5-7,9-11,16-17H2,2-3H3,(H,34,38)(H,39,40)/b18-8-. The van der Waals surface area contributed by atoms with Gasteiger partial charge in [0.15, 0.2) is 5.60 Å². The highest BCUT2D eigenvalue weighted by atomic mass is 16.5. The van der Waals surface area contributed by atoms with E-state index >= 15 is 0 Å². The van der Waals surface area contributed by atoms with Crippen LogP contribution in [0.1, 0.15) is 73.7 Å². The van der Waals surface area contributed by atoms with Crippen molar-refractivity contribution in [3.8, 4) is 5.75 Å². The molecule has 0 saturated heterocycles. The van der Waals surface area contributed by atoms with Gasteiger partial charge in [-0.2, -0.15) is 0 Å². The fourth-order valence-electron chi connectivity index (χ4n) is 5.62. The number of nitrogens with one attached hydrogen (secondary N) is 2. The van der Waals surface area contributed by atoms with Crippen molar-refractivity contribution in [2.75, 3.05) is 6.54 Å². The summed E-state index contributed by atoms with van der Waals surface area (Å²) in [6.45, 7) is 7.04. The second kappa shape index (κ2) is 12.5. The number of ether oxygens (including phenoxy) is 2. The lowest BCUT2D eigenvalue weighted by molar-refractivity contribution is -0.152. The number of rotatable bonds is 12. The van der Waals surface area contributed by atoms with Gasteiger partial charge < -0.3 is 29.4 Å². The molecule has 2 aromatic carbocycles. The molecule has 5 rings (SSSR count). The first kappa shape index (κ1) is 29.0. The molecule has 4 aromatic rings. The molecule has 0 aliphatic heterocycles. The van der Waals surface area contributed by atoms with E-state index in [1.165, 1.54) is 39.4 Å². The summed E-state index contributed by atoms with van der Waals surface area (Å²) in [6, 6.07) is 11.6. The van der Waals surface area contributed by atoms with Crippen molar-refractivity contribution in [1.82, 2.24) is 19.9 Å². The number of allylic oxidation sites excluding steroid dienone is 1. The van der Waals surface area contributed by atoms with E-state index in [4.69, 9.17) is 14.5 Å². The molecule has 2 heterocycles. The van der Waals surface area contributed by atoms with Crippen LogP contribution in [-0.2, 0) is 22.4 Å². The summed E-state index contributed by atoms with van der Waals surface area (Å²) in [5.74, 6) is 0.248. The molecule has 0 unspecified atom stereocenters. The summed E-state index contributed by atoms with van der Waals surface area (Å²) in [7, 11) is 0. The molecule has 1 saturated carbocycles. The van der Waals surface area contributed by atoms with Crippen LogP contribution in [-0.4, -0.2) is 43.7 Å². The third-order valence-corrected chi connectivity index (χ3v) is 7.84. The molecule has 42 heavy (non-hydrogen) atoms. The Morgan fingerprint density at radius 1 is 1.19 bits per heavy atom. The molecule has 0 bridgehead atoms. The Hall–Kier alpha value is -4.53. The van der Waals surface area contributed by atoms with E-state index < -0.39 is 11.6 Å². The zero-order chi connectivity index (χ0) is 29.7. The summed E-state index contributed by atoms with van der Waals surface area (Å²) in [6.07, 6.45) is 14.0. The number of nitrogens with zero attached hydrogens (tertiary/aromatic N) is 2. The number of benzene rings is 2. The third-order valence-electron chi connectivity index (χ3n) is 7.84. The molecule has 9 nitrogen and oxygen atoms in total. The number of carbonyl (C=O) groups excluding carboxylic acids is 1. The molecule has 9 heteroatoms. The van der Waals surface area contributed by atoms with Gasteiger partial charge in [-0.3, -0.25) is 4.79 Å². The number of hydrogen-bond donors (Lipinski definition) is 3. The lowest BCUT2D eigenvalue weighted by atomic mass is 9.95. The van der Waals surface area contributed by atoms with Crippen molar-refractivity contribution < 1.29 is 24.2 Å². The van der Waals surface area contributed by atoms with Crippen molar-refractivity contribution in [3.05, 3.63) is 84.7 Å². The maximum absolute atomic E-state index is 13.1. The van der Waals surface area contributed by atoms with Crippen molar-refractivity contribution in [3.63, 3.8) is 0 Å². The van der Waals surface area contributed by atoms with Crippen LogP contribution in [0.25, 0.3) is 21.9 Å². The van der Waals surface area contributed by atoms with Crippen LogP contribution in [0.3, 0.4) is 0 Å². The molecule has 1 fully saturated rings. The number of hydrogen-bond acceptors (Lipinski definition) is 5. The molecule has 220 valence electrons. The Bertz CT molecular complexity index is 1620. The van der Waals surface area contributed by atoms with E-state index in [0.29, 0.717) is 36.7 Å². The molecule has 0 radical (unpaired) electrons. The van der Waals surface area contributed by atoms with E-state index in [1.807, 2.05) is 42.6 Å². The number of amides is 1. The zero-order valence-corrected chi connectivity index (χ0v) is 24.2. The minimum atomic E-state index is -1.34. The summed E-state index contributed by atoms with van der Waals surface area (Å²) in [4.78, 5) is 32.8. The first-order chi connectivity index (χ1) is 20.3. The predicted molar refractivity (Wildman–Crippen MR) is 163 cm³/mol. The van der Waals surface area contributed by atoms with Crippen LogP contribution in [0.4, 0.5) is 0 Å². The number of carboxylic acids is 1. The van der Waals surface area contributed by atoms with Crippen LogP contribution >= 0.6 is 0 Å². The maximum atomic E-state index is 13.1. The van der Waals surface area contributed by atoms with E-state index in [-0.39, 0.29) is 5.91 Å². The van der Waals surface area contributed by atoms with Crippen LogP contribution < -0.4 is 10.1 Å². The third kappa shape index (κ3) is 6.35. The highest BCUT2D eigenvalue weighted by molar-refractivity contribution is 5.97. The van der Waals surface area contributed by atoms with E-state index in [2.05, 4.69) is 21.4 Å². The van der Waals surface area contributed by atoms with Crippen LogP contribution in [0.15, 0.2) is 67.8 Å². The summed E-state index contributed by atoms with van der Waals surface area (Å²) in [5, 5.41) is 13.4. The smallest absolute Gasteiger partial charge is 0.347 e. The lowest BCUT2D eigenvalue weighted by Gasteiger charge is -2.25. The molecular weight excluding hydrogens is 532 g/mol. The average molecular weight is 571 g/mol. The van der Waals surface area contributed by atoms with Crippen LogP contribution in [0.2, 0.25) is 0 Å². The number of aromatic nitrogens is 3. The fourth-order valence-corrected chi connectivity index (χ4v) is 5.62. The van der Waals surface area contributed by atoms with Gasteiger partial charge in [-0.15, -0.1) is 0 Å². The van der Waals surface area contributed by atoms with Gasteiger partial charge in [-0.05, 0) is 81.1 Å². The fraction of sp³-hybridized carbons (Fsp3) is 0.364. The van der Waals surface area contributed by atoms with E-state index in [0.717, 1.165) is 46.2 Å². The molecule has 1 amide bonds. The first-order valence-electron chi connectivity index (χ1n) is 14.5. The Balaban J connectivity index is 1.29. The van der Waals surface area contributed by atoms with Crippen molar-refractivity contribution in [2.45, 2.75) is 70.4 Å². The molecule has 1 aliphatic carbocycles. The van der Waals surface area contributed by atoms with Gasteiger partial charge in [0.1, 0.15) is 11.6 Å². The Morgan fingerprint density at radius 3 is 2.76 bits per heavy atom. The normalized spacial score (nSPS) is 14.4. The number of imidazole rings is 1. The Labute approximate surface area is 245 Å². The van der Waals surface area contributed by atoms with Gasteiger partial charge in [0.05, 0.1) is 23.6 Å². The quantitative estimate of drug-likeness (QED) is 0.168.